The van der Waals surface area contributed by atoms with Gasteiger partial charge in [0, 0.05) is 13.6 Å². The predicted octanol–water partition coefficient (Wildman–Crippen LogP) is 3.74. The maximum Gasteiger partial charge on any atom is 0.264 e. The third kappa shape index (κ3) is 6.27. The summed E-state index contributed by atoms with van der Waals surface area (Å²) in [6.45, 7) is 3.42. The number of hydrogen-bond acceptors (Lipinski definition) is 4. The van der Waals surface area contributed by atoms with E-state index in [2.05, 4.69) is 5.32 Å². The van der Waals surface area contributed by atoms with Gasteiger partial charge in [-0.15, -0.1) is 0 Å². The molecule has 0 unspecified atom stereocenters. The van der Waals surface area contributed by atoms with Crippen LogP contribution in [-0.4, -0.2) is 44.8 Å². The summed E-state index contributed by atoms with van der Waals surface area (Å²) in [7, 11) is -2.52. The number of hydrogen-bond donors (Lipinski definition) is 1. The van der Waals surface area contributed by atoms with E-state index in [0.29, 0.717) is 12.1 Å². The van der Waals surface area contributed by atoms with Crippen molar-refractivity contribution in [2.24, 2.45) is 0 Å². The summed E-state index contributed by atoms with van der Waals surface area (Å²) in [5.41, 5.74) is 2.09. The van der Waals surface area contributed by atoms with Crippen LogP contribution >= 0.6 is 0 Å². The van der Waals surface area contributed by atoms with Crippen LogP contribution < -0.4 is 9.62 Å². The summed E-state index contributed by atoms with van der Waals surface area (Å²) < 4.78 is 28.4. The first-order valence-electron chi connectivity index (χ1n) is 11.5. The topological polar surface area (TPSA) is 86.8 Å². The number of carbonyl (C=O) groups is 2. The van der Waals surface area contributed by atoms with E-state index in [4.69, 9.17) is 0 Å². The highest BCUT2D eigenvalue weighted by Gasteiger charge is 2.33. The molecule has 35 heavy (non-hydrogen) atoms. The van der Waals surface area contributed by atoms with Gasteiger partial charge in [-0.1, -0.05) is 67.6 Å². The first-order chi connectivity index (χ1) is 16.8. The highest BCUT2D eigenvalue weighted by atomic mass is 32.2. The molecule has 0 aliphatic heterocycles. The van der Waals surface area contributed by atoms with Crippen LogP contribution in [0.3, 0.4) is 0 Å². The molecule has 7 nitrogen and oxygen atoms in total. The molecule has 3 rings (SSSR count). The second-order valence-corrected chi connectivity index (χ2v) is 10.1. The molecule has 0 aromatic heterocycles. The molecule has 0 spiro atoms. The van der Waals surface area contributed by atoms with Gasteiger partial charge in [0.25, 0.3) is 10.0 Å². The highest BCUT2D eigenvalue weighted by molar-refractivity contribution is 7.92. The van der Waals surface area contributed by atoms with Gasteiger partial charge in [-0.05, 0) is 48.7 Å². The molecule has 8 heteroatoms. The smallest absolute Gasteiger partial charge is 0.264 e. The van der Waals surface area contributed by atoms with Crippen molar-refractivity contribution < 1.29 is 18.0 Å². The average Bonchev–Trinajstić information content (AvgIpc) is 2.87. The molecule has 1 atom stereocenters. The number of aryl methyl sites for hydroxylation is 1. The number of sulfonamides is 1. The van der Waals surface area contributed by atoms with Gasteiger partial charge in [-0.3, -0.25) is 13.9 Å². The Balaban J connectivity index is 2.04. The zero-order valence-electron chi connectivity index (χ0n) is 20.2. The van der Waals surface area contributed by atoms with Crippen molar-refractivity contribution in [3.63, 3.8) is 0 Å². The predicted molar refractivity (Wildman–Crippen MR) is 137 cm³/mol. The van der Waals surface area contributed by atoms with Crippen molar-refractivity contribution in [3.05, 3.63) is 96.1 Å². The van der Waals surface area contributed by atoms with Crippen LogP contribution in [0.15, 0.2) is 89.8 Å². The van der Waals surface area contributed by atoms with Gasteiger partial charge in [0.15, 0.2) is 0 Å². The molecule has 2 amide bonds. The first kappa shape index (κ1) is 26.0. The van der Waals surface area contributed by atoms with Crippen molar-refractivity contribution in [2.45, 2.75) is 37.8 Å². The minimum Gasteiger partial charge on any atom is -0.357 e. The van der Waals surface area contributed by atoms with E-state index < -0.39 is 28.5 Å². The number of anilines is 1. The lowest BCUT2D eigenvalue weighted by molar-refractivity contribution is -0.140. The lowest BCUT2D eigenvalue weighted by Crippen LogP contribution is -2.51. The van der Waals surface area contributed by atoms with E-state index in [9.17, 15) is 18.0 Å². The zero-order valence-corrected chi connectivity index (χ0v) is 21.0. The maximum absolute atomic E-state index is 13.8. The molecular weight excluding hydrogens is 462 g/mol. The summed E-state index contributed by atoms with van der Waals surface area (Å²) in [4.78, 5) is 28.0. The van der Waals surface area contributed by atoms with Gasteiger partial charge in [0.05, 0.1) is 10.6 Å². The van der Waals surface area contributed by atoms with Crippen LogP contribution in [0.4, 0.5) is 5.69 Å². The molecule has 0 bridgehead atoms. The van der Waals surface area contributed by atoms with Crippen molar-refractivity contribution in [2.75, 3.05) is 17.9 Å². The lowest BCUT2D eigenvalue weighted by atomic mass is 10.1. The number of carbonyl (C=O) groups excluding carboxylic acids is 2. The largest absolute Gasteiger partial charge is 0.357 e. The molecule has 0 aliphatic carbocycles. The first-order valence-corrected chi connectivity index (χ1v) is 12.9. The van der Waals surface area contributed by atoms with Crippen molar-refractivity contribution in [1.29, 1.82) is 0 Å². The molecule has 0 radical (unpaired) electrons. The zero-order chi connectivity index (χ0) is 25.4. The summed E-state index contributed by atoms with van der Waals surface area (Å²) in [6, 6.07) is 23.6. The van der Waals surface area contributed by atoms with Gasteiger partial charge in [-0.2, -0.15) is 0 Å². The number of benzene rings is 3. The fourth-order valence-electron chi connectivity index (χ4n) is 3.90. The Morgan fingerprint density at radius 2 is 1.54 bits per heavy atom. The lowest BCUT2D eigenvalue weighted by Gasteiger charge is -2.33. The minimum absolute atomic E-state index is 0.0854. The number of nitrogens with zero attached hydrogens (tertiary/aromatic N) is 2. The van der Waals surface area contributed by atoms with Gasteiger partial charge in [0.2, 0.25) is 11.8 Å². The van der Waals surface area contributed by atoms with E-state index >= 15 is 0 Å². The Hall–Kier alpha value is -3.65. The Morgan fingerprint density at radius 1 is 0.914 bits per heavy atom. The van der Waals surface area contributed by atoms with E-state index in [1.807, 2.05) is 50.2 Å². The van der Waals surface area contributed by atoms with Crippen LogP contribution in [0.5, 0.6) is 0 Å². The second-order valence-electron chi connectivity index (χ2n) is 8.21. The quantitative estimate of drug-likeness (QED) is 0.466. The van der Waals surface area contributed by atoms with Crippen molar-refractivity contribution in [1.82, 2.24) is 10.2 Å². The summed E-state index contributed by atoms with van der Waals surface area (Å²) in [5.74, 6) is -0.768. The number of nitrogens with one attached hydrogen (secondary N) is 1. The fourth-order valence-corrected chi connectivity index (χ4v) is 5.32. The van der Waals surface area contributed by atoms with Crippen molar-refractivity contribution >= 4 is 27.5 Å². The van der Waals surface area contributed by atoms with Crippen LogP contribution in [0.1, 0.15) is 24.5 Å². The van der Waals surface area contributed by atoms with E-state index in [1.54, 1.807) is 36.4 Å². The molecule has 0 saturated carbocycles. The van der Waals surface area contributed by atoms with Gasteiger partial charge < -0.3 is 10.2 Å². The van der Waals surface area contributed by atoms with Gasteiger partial charge in [-0.25, -0.2) is 8.42 Å². The summed E-state index contributed by atoms with van der Waals surface area (Å²) in [6.07, 6.45) is 0.383. The molecule has 0 aliphatic rings. The fraction of sp³-hybridized carbons (Fsp3) is 0.259. The molecule has 3 aromatic rings. The Labute approximate surface area is 207 Å². The molecule has 0 saturated heterocycles. The van der Waals surface area contributed by atoms with Gasteiger partial charge in [0.1, 0.15) is 12.6 Å². The highest BCUT2D eigenvalue weighted by Crippen LogP contribution is 2.25. The molecule has 0 heterocycles. The van der Waals surface area contributed by atoms with E-state index in [1.165, 1.54) is 24.1 Å². The average molecular weight is 494 g/mol. The third-order valence-corrected chi connectivity index (χ3v) is 7.52. The third-order valence-electron chi connectivity index (χ3n) is 5.73. The standard InChI is InChI=1S/C27H31N3O4S/c1-4-25(27(32)28-3)29(19-22-13-7-5-8-14-22)26(31)20-30(23-15-11-12-21(2)18-23)35(33,34)24-16-9-6-10-17-24/h5-18,25H,4,19-20H2,1-3H3,(H,28,32)/t25-/m0/s1. The Bertz CT molecular complexity index is 1250. The Kier molecular flexibility index (Phi) is 8.65. The SMILES string of the molecule is CC[C@@H](C(=O)NC)N(Cc1ccccc1)C(=O)CN(c1cccc(C)c1)S(=O)(=O)c1ccccc1. The van der Waals surface area contributed by atoms with E-state index in [0.717, 1.165) is 15.4 Å². The van der Waals surface area contributed by atoms with Gasteiger partial charge >= 0.3 is 0 Å². The molecule has 3 aromatic carbocycles. The Morgan fingerprint density at radius 3 is 2.11 bits per heavy atom. The monoisotopic (exact) mass is 493 g/mol. The normalized spacial score (nSPS) is 12.0. The van der Waals surface area contributed by atoms with Crippen LogP contribution in [0, 0.1) is 6.92 Å². The number of amides is 2. The molecule has 1 N–H and O–H groups in total. The van der Waals surface area contributed by atoms with Crippen LogP contribution in [0.2, 0.25) is 0 Å². The molecular formula is C27H31N3O4S. The van der Waals surface area contributed by atoms with E-state index in [-0.39, 0.29) is 17.3 Å². The van der Waals surface area contributed by atoms with Crippen LogP contribution in [0.25, 0.3) is 0 Å². The maximum atomic E-state index is 13.8. The number of likely N-dealkylation sites (N-methyl/N-ethyl adjacent to an activating group) is 1. The number of rotatable bonds is 10. The summed E-state index contributed by atoms with van der Waals surface area (Å²) in [5, 5.41) is 2.62. The summed E-state index contributed by atoms with van der Waals surface area (Å²) >= 11 is 0. The minimum atomic E-state index is -4.05. The van der Waals surface area contributed by atoms with Crippen molar-refractivity contribution in [3.8, 4) is 0 Å². The van der Waals surface area contributed by atoms with Crippen LogP contribution in [-0.2, 0) is 26.2 Å². The molecule has 184 valence electrons. The molecule has 0 fully saturated rings. The second kappa shape index (κ2) is 11.7.